The molecular weight excluding hydrogens is 434 g/mol. The van der Waals surface area contributed by atoms with E-state index < -0.39 is 5.60 Å². The average Bonchev–Trinajstić information content (AvgIpc) is 2.92. The number of hydrogen-bond donors (Lipinski definition) is 2. The van der Waals surface area contributed by atoms with Gasteiger partial charge < -0.3 is 15.2 Å². The fraction of sp³-hybridized carbons (Fsp3) is 0.194. The molecule has 0 spiro atoms. The highest BCUT2D eigenvalue weighted by Crippen LogP contribution is 2.36. The molecule has 0 fully saturated rings. The molecule has 0 saturated heterocycles. The number of carbonyl (C=O) groups is 1. The van der Waals surface area contributed by atoms with E-state index >= 15 is 0 Å². The van der Waals surface area contributed by atoms with Crippen molar-refractivity contribution in [2.75, 3.05) is 19.8 Å². The van der Waals surface area contributed by atoms with Gasteiger partial charge >= 0.3 is 0 Å². The van der Waals surface area contributed by atoms with Gasteiger partial charge in [-0.05, 0) is 47.7 Å². The lowest BCUT2D eigenvalue weighted by Crippen LogP contribution is -2.30. The van der Waals surface area contributed by atoms with Crippen LogP contribution in [0, 0.1) is 6.92 Å². The zero-order valence-corrected chi connectivity index (χ0v) is 20.0. The number of amides is 1. The molecule has 2 N–H and O–H groups in total. The molecule has 4 aromatic rings. The maximum Gasteiger partial charge on any atom is 0.251 e. The molecule has 0 aromatic heterocycles. The molecule has 1 amide bonds. The third-order valence-electron chi connectivity index (χ3n) is 6.14. The van der Waals surface area contributed by atoms with Gasteiger partial charge in [0.2, 0.25) is 0 Å². The maximum absolute atomic E-state index is 12.6. The van der Waals surface area contributed by atoms with E-state index in [0.717, 1.165) is 17.5 Å². The number of rotatable bonds is 10. The van der Waals surface area contributed by atoms with E-state index in [1.165, 1.54) is 11.1 Å². The van der Waals surface area contributed by atoms with Gasteiger partial charge in [-0.25, -0.2) is 0 Å². The largest absolute Gasteiger partial charge is 0.379 e. The molecule has 4 nitrogen and oxygen atoms in total. The Kier molecular flexibility index (Phi) is 8.09. The Hall–Kier alpha value is -3.73. The van der Waals surface area contributed by atoms with E-state index in [-0.39, 0.29) is 5.91 Å². The Bertz CT molecular complexity index is 1160. The summed E-state index contributed by atoms with van der Waals surface area (Å²) in [4.78, 5) is 12.6. The number of hydrogen-bond acceptors (Lipinski definition) is 3. The molecule has 0 aliphatic rings. The van der Waals surface area contributed by atoms with Crippen LogP contribution in [0.1, 0.15) is 38.2 Å². The number of ether oxygens (including phenoxy) is 1. The molecule has 0 bridgehead atoms. The smallest absolute Gasteiger partial charge is 0.251 e. The molecule has 0 saturated carbocycles. The van der Waals surface area contributed by atoms with Gasteiger partial charge in [-0.3, -0.25) is 4.79 Å². The summed E-state index contributed by atoms with van der Waals surface area (Å²) in [6.45, 7) is 3.58. The number of nitrogens with one attached hydrogen (secondary N) is 1. The lowest BCUT2D eigenvalue weighted by molar-refractivity contribution is 0.0916. The minimum Gasteiger partial charge on any atom is -0.379 e. The van der Waals surface area contributed by atoms with Crippen molar-refractivity contribution in [2.45, 2.75) is 18.9 Å². The van der Waals surface area contributed by atoms with Crippen LogP contribution in [0.5, 0.6) is 0 Å². The Balaban J connectivity index is 1.35. The van der Waals surface area contributed by atoms with E-state index in [2.05, 4.69) is 36.5 Å². The van der Waals surface area contributed by atoms with Gasteiger partial charge in [0.25, 0.3) is 5.91 Å². The van der Waals surface area contributed by atoms with Gasteiger partial charge in [0.15, 0.2) is 0 Å². The van der Waals surface area contributed by atoms with Gasteiger partial charge in [0, 0.05) is 12.1 Å². The summed E-state index contributed by atoms with van der Waals surface area (Å²) in [7, 11) is 0. The van der Waals surface area contributed by atoms with Crippen molar-refractivity contribution in [1.82, 2.24) is 5.32 Å². The van der Waals surface area contributed by atoms with E-state index in [0.29, 0.717) is 30.9 Å². The molecule has 0 heterocycles. The van der Waals surface area contributed by atoms with Gasteiger partial charge in [0.1, 0.15) is 5.60 Å². The summed E-state index contributed by atoms with van der Waals surface area (Å²) >= 11 is 0. The molecule has 0 aliphatic carbocycles. The fourth-order valence-corrected chi connectivity index (χ4v) is 4.11. The van der Waals surface area contributed by atoms with E-state index in [4.69, 9.17) is 4.74 Å². The minimum absolute atomic E-state index is 0.165. The highest BCUT2D eigenvalue weighted by atomic mass is 16.5. The molecule has 0 aliphatic heterocycles. The summed E-state index contributed by atoms with van der Waals surface area (Å²) in [5, 5.41) is 14.8. The standard InChI is InChI=1S/C31H31NO3/c1-24-12-14-25(15-13-24)20-22-35-23-21-32-30(33)26-16-18-29(19-17-26)31(34,27-8-4-2-5-9-27)28-10-6-3-7-11-28/h2-19,34H,20-23H2,1H3,(H,32,33). The summed E-state index contributed by atoms with van der Waals surface area (Å²) in [5.41, 5.74) is 3.95. The first kappa shape index (κ1) is 24.4. The zero-order chi connectivity index (χ0) is 24.5. The van der Waals surface area contributed by atoms with E-state index in [1.807, 2.05) is 72.8 Å². The topological polar surface area (TPSA) is 58.6 Å². The van der Waals surface area contributed by atoms with Crippen molar-refractivity contribution >= 4 is 5.91 Å². The number of aryl methyl sites for hydroxylation is 1. The monoisotopic (exact) mass is 465 g/mol. The number of aliphatic hydroxyl groups is 1. The zero-order valence-electron chi connectivity index (χ0n) is 20.0. The van der Waals surface area contributed by atoms with Crippen molar-refractivity contribution in [3.05, 3.63) is 143 Å². The third kappa shape index (κ3) is 6.04. The number of benzene rings is 4. The first-order valence-corrected chi connectivity index (χ1v) is 11.9. The molecule has 4 heteroatoms. The van der Waals surface area contributed by atoms with Gasteiger partial charge in [-0.2, -0.15) is 0 Å². The highest BCUT2D eigenvalue weighted by molar-refractivity contribution is 5.94. The molecule has 4 rings (SSSR count). The maximum atomic E-state index is 12.6. The Morgan fingerprint density at radius 1 is 0.743 bits per heavy atom. The first-order chi connectivity index (χ1) is 17.1. The second kappa shape index (κ2) is 11.6. The normalized spacial score (nSPS) is 11.3. The summed E-state index contributed by atoms with van der Waals surface area (Å²) in [5.74, 6) is -0.165. The Labute approximate surface area is 207 Å². The average molecular weight is 466 g/mol. The molecule has 178 valence electrons. The fourth-order valence-electron chi connectivity index (χ4n) is 4.11. The van der Waals surface area contributed by atoms with Gasteiger partial charge in [-0.1, -0.05) is 103 Å². The van der Waals surface area contributed by atoms with Crippen LogP contribution in [0.15, 0.2) is 109 Å². The summed E-state index contributed by atoms with van der Waals surface area (Å²) in [6.07, 6.45) is 0.849. The summed E-state index contributed by atoms with van der Waals surface area (Å²) < 4.78 is 5.67. The van der Waals surface area contributed by atoms with Crippen LogP contribution in [0.2, 0.25) is 0 Å². The molecule has 4 aromatic carbocycles. The number of carbonyl (C=O) groups excluding carboxylic acids is 1. The molecular formula is C31H31NO3. The van der Waals surface area contributed by atoms with Crippen molar-refractivity contribution in [2.24, 2.45) is 0 Å². The summed E-state index contributed by atoms with van der Waals surface area (Å²) in [6, 6.07) is 34.7. The lowest BCUT2D eigenvalue weighted by atomic mass is 9.80. The van der Waals surface area contributed by atoms with Crippen molar-refractivity contribution in [3.8, 4) is 0 Å². The molecule has 0 atom stereocenters. The molecule has 35 heavy (non-hydrogen) atoms. The van der Waals surface area contributed by atoms with Crippen LogP contribution in [-0.4, -0.2) is 30.8 Å². The minimum atomic E-state index is -1.32. The van der Waals surface area contributed by atoms with Crippen molar-refractivity contribution in [3.63, 3.8) is 0 Å². The van der Waals surface area contributed by atoms with Crippen LogP contribution in [0.4, 0.5) is 0 Å². The predicted octanol–water partition coefficient (Wildman–Crippen LogP) is 5.27. The Morgan fingerprint density at radius 2 is 1.29 bits per heavy atom. The van der Waals surface area contributed by atoms with E-state index in [9.17, 15) is 9.90 Å². The quantitative estimate of drug-likeness (QED) is 0.248. The van der Waals surface area contributed by atoms with E-state index in [1.54, 1.807) is 12.1 Å². The van der Waals surface area contributed by atoms with Crippen LogP contribution in [-0.2, 0) is 16.8 Å². The van der Waals surface area contributed by atoms with Gasteiger partial charge in [0.05, 0.1) is 13.2 Å². The Morgan fingerprint density at radius 3 is 1.86 bits per heavy atom. The SMILES string of the molecule is Cc1ccc(CCOCCNC(=O)c2ccc(C(O)(c3ccccc3)c3ccccc3)cc2)cc1. The van der Waals surface area contributed by atoms with Crippen LogP contribution in [0.3, 0.4) is 0 Å². The highest BCUT2D eigenvalue weighted by Gasteiger charge is 2.33. The van der Waals surface area contributed by atoms with Gasteiger partial charge in [-0.15, -0.1) is 0 Å². The lowest BCUT2D eigenvalue weighted by Gasteiger charge is -2.30. The first-order valence-electron chi connectivity index (χ1n) is 11.9. The third-order valence-corrected chi connectivity index (χ3v) is 6.14. The van der Waals surface area contributed by atoms with Crippen LogP contribution >= 0.6 is 0 Å². The van der Waals surface area contributed by atoms with Crippen LogP contribution in [0.25, 0.3) is 0 Å². The second-order valence-corrected chi connectivity index (χ2v) is 8.62. The van der Waals surface area contributed by atoms with Crippen LogP contribution < -0.4 is 5.32 Å². The molecule has 0 unspecified atom stereocenters. The second-order valence-electron chi connectivity index (χ2n) is 8.62. The predicted molar refractivity (Wildman–Crippen MR) is 139 cm³/mol. The van der Waals surface area contributed by atoms with Crippen molar-refractivity contribution < 1.29 is 14.6 Å². The van der Waals surface area contributed by atoms with Crippen molar-refractivity contribution in [1.29, 1.82) is 0 Å². The molecule has 0 radical (unpaired) electrons.